The highest BCUT2D eigenvalue weighted by Crippen LogP contribution is 2.25. The fourth-order valence-corrected chi connectivity index (χ4v) is 2.01. The molecule has 4 nitrogen and oxygen atoms in total. The first-order chi connectivity index (χ1) is 7.06. The molecule has 1 aliphatic heterocycles. The number of amides is 1. The maximum Gasteiger partial charge on any atom is 0.302 e. The SMILES string of the molecule is C=C[C@H]1CC[C@H](COC(C)=O)N1C(C)=O. The largest absolute Gasteiger partial charge is 0.464 e. The summed E-state index contributed by atoms with van der Waals surface area (Å²) in [6.07, 6.45) is 3.54. The minimum Gasteiger partial charge on any atom is -0.464 e. The van der Waals surface area contributed by atoms with Gasteiger partial charge in [0.2, 0.25) is 5.91 Å². The lowest BCUT2D eigenvalue weighted by Crippen LogP contribution is -2.41. The van der Waals surface area contributed by atoms with E-state index < -0.39 is 0 Å². The van der Waals surface area contributed by atoms with Crippen molar-refractivity contribution in [1.29, 1.82) is 0 Å². The first-order valence-corrected chi connectivity index (χ1v) is 5.11. The van der Waals surface area contributed by atoms with Crippen molar-refractivity contribution in [2.45, 2.75) is 38.8 Å². The van der Waals surface area contributed by atoms with Crippen LogP contribution in [0.4, 0.5) is 0 Å². The number of esters is 1. The average molecular weight is 211 g/mol. The monoisotopic (exact) mass is 211 g/mol. The van der Waals surface area contributed by atoms with Crippen LogP contribution in [0.15, 0.2) is 12.7 Å². The molecule has 2 atom stereocenters. The van der Waals surface area contributed by atoms with Crippen LogP contribution in [-0.2, 0) is 14.3 Å². The van der Waals surface area contributed by atoms with Crippen molar-refractivity contribution in [3.8, 4) is 0 Å². The lowest BCUT2D eigenvalue weighted by atomic mass is 10.2. The molecule has 0 spiro atoms. The van der Waals surface area contributed by atoms with Crippen LogP contribution in [0, 0.1) is 0 Å². The van der Waals surface area contributed by atoms with Gasteiger partial charge in [-0.25, -0.2) is 0 Å². The zero-order valence-corrected chi connectivity index (χ0v) is 9.23. The number of carbonyl (C=O) groups excluding carboxylic acids is 2. The molecular formula is C11H17NO3. The van der Waals surface area contributed by atoms with E-state index in [2.05, 4.69) is 6.58 Å². The van der Waals surface area contributed by atoms with Crippen LogP contribution >= 0.6 is 0 Å². The highest BCUT2D eigenvalue weighted by molar-refractivity contribution is 5.74. The summed E-state index contributed by atoms with van der Waals surface area (Å²) in [6, 6.07) is 0.0949. The Labute approximate surface area is 89.9 Å². The second kappa shape index (κ2) is 4.96. The Morgan fingerprint density at radius 2 is 2.13 bits per heavy atom. The summed E-state index contributed by atoms with van der Waals surface area (Å²) in [5, 5.41) is 0. The third-order valence-electron chi connectivity index (χ3n) is 2.66. The van der Waals surface area contributed by atoms with Gasteiger partial charge in [0.05, 0.1) is 12.1 Å². The van der Waals surface area contributed by atoms with Crippen LogP contribution in [0.1, 0.15) is 26.7 Å². The third kappa shape index (κ3) is 2.81. The summed E-state index contributed by atoms with van der Waals surface area (Å²) in [5.41, 5.74) is 0. The molecule has 0 unspecified atom stereocenters. The number of carbonyl (C=O) groups is 2. The van der Waals surface area contributed by atoms with Gasteiger partial charge in [0.25, 0.3) is 0 Å². The molecule has 1 heterocycles. The Morgan fingerprint density at radius 3 is 2.60 bits per heavy atom. The average Bonchev–Trinajstić information content (AvgIpc) is 2.57. The molecule has 1 fully saturated rings. The second-order valence-electron chi connectivity index (χ2n) is 3.76. The van der Waals surface area contributed by atoms with Gasteiger partial charge in [-0.15, -0.1) is 6.58 Å². The molecule has 1 amide bonds. The van der Waals surface area contributed by atoms with Crippen LogP contribution in [0.5, 0.6) is 0 Å². The van der Waals surface area contributed by atoms with E-state index in [0.717, 1.165) is 12.8 Å². The molecule has 1 aliphatic rings. The van der Waals surface area contributed by atoms with Crippen LogP contribution in [-0.4, -0.2) is 35.5 Å². The Balaban J connectivity index is 2.60. The van der Waals surface area contributed by atoms with Crippen LogP contribution < -0.4 is 0 Å². The van der Waals surface area contributed by atoms with E-state index in [1.54, 1.807) is 11.0 Å². The van der Waals surface area contributed by atoms with E-state index >= 15 is 0 Å². The number of likely N-dealkylation sites (tertiary alicyclic amines) is 1. The number of nitrogens with zero attached hydrogens (tertiary/aromatic N) is 1. The Hall–Kier alpha value is -1.32. The Morgan fingerprint density at radius 1 is 1.47 bits per heavy atom. The quantitative estimate of drug-likeness (QED) is 0.519. The molecule has 0 N–H and O–H groups in total. The van der Waals surface area contributed by atoms with Gasteiger partial charge in [0.1, 0.15) is 6.61 Å². The normalized spacial score (nSPS) is 25.1. The third-order valence-corrected chi connectivity index (χ3v) is 2.66. The summed E-state index contributed by atoms with van der Waals surface area (Å²) < 4.78 is 4.93. The number of hydrogen-bond donors (Lipinski definition) is 0. The van der Waals surface area contributed by atoms with Crippen LogP contribution in [0.25, 0.3) is 0 Å². The Bertz CT molecular complexity index is 275. The zero-order chi connectivity index (χ0) is 11.4. The van der Waals surface area contributed by atoms with Crippen LogP contribution in [0.2, 0.25) is 0 Å². The molecule has 0 bridgehead atoms. The predicted molar refractivity (Wildman–Crippen MR) is 56.2 cm³/mol. The van der Waals surface area contributed by atoms with E-state index in [-0.39, 0.29) is 24.0 Å². The van der Waals surface area contributed by atoms with E-state index in [0.29, 0.717) is 6.61 Å². The molecule has 4 heteroatoms. The molecule has 0 aromatic heterocycles. The lowest BCUT2D eigenvalue weighted by Gasteiger charge is -2.27. The summed E-state index contributed by atoms with van der Waals surface area (Å²) in [4.78, 5) is 23.8. The van der Waals surface area contributed by atoms with Crippen molar-refractivity contribution in [3.63, 3.8) is 0 Å². The first-order valence-electron chi connectivity index (χ1n) is 5.11. The molecule has 0 radical (unpaired) electrons. The topological polar surface area (TPSA) is 46.6 Å². The molecule has 1 rings (SSSR count). The fraction of sp³-hybridized carbons (Fsp3) is 0.636. The molecule has 15 heavy (non-hydrogen) atoms. The van der Waals surface area contributed by atoms with Gasteiger partial charge >= 0.3 is 5.97 Å². The van der Waals surface area contributed by atoms with E-state index in [9.17, 15) is 9.59 Å². The van der Waals surface area contributed by atoms with Crippen molar-refractivity contribution >= 4 is 11.9 Å². The summed E-state index contributed by atoms with van der Waals surface area (Å²) in [6.45, 7) is 6.90. The Kier molecular flexibility index (Phi) is 3.88. The fourth-order valence-electron chi connectivity index (χ4n) is 2.01. The van der Waals surface area contributed by atoms with Gasteiger partial charge in [-0.05, 0) is 12.8 Å². The number of ether oxygens (including phenoxy) is 1. The minimum atomic E-state index is -0.305. The van der Waals surface area contributed by atoms with Gasteiger partial charge in [0, 0.05) is 13.8 Å². The van der Waals surface area contributed by atoms with Crippen molar-refractivity contribution in [2.24, 2.45) is 0 Å². The predicted octanol–water partition coefficient (Wildman–Crippen LogP) is 1.11. The van der Waals surface area contributed by atoms with Crippen molar-refractivity contribution in [2.75, 3.05) is 6.61 Å². The smallest absolute Gasteiger partial charge is 0.302 e. The molecular weight excluding hydrogens is 194 g/mol. The summed E-state index contributed by atoms with van der Waals surface area (Å²) in [5.74, 6) is -0.296. The van der Waals surface area contributed by atoms with Gasteiger partial charge in [-0.2, -0.15) is 0 Å². The molecule has 0 saturated carbocycles. The lowest BCUT2D eigenvalue weighted by molar-refractivity contribution is -0.145. The first kappa shape index (κ1) is 11.8. The van der Waals surface area contributed by atoms with Gasteiger partial charge in [0.15, 0.2) is 0 Å². The molecule has 1 saturated heterocycles. The molecule has 0 aromatic carbocycles. The van der Waals surface area contributed by atoms with Crippen molar-refractivity contribution in [1.82, 2.24) is 4.90 Å². The van der Waals surface area contributed by atoms with Gasteiger partial charge in [-0.1, -0.05) is 6.08 Å². The molecule has 0 aromatic rings. The van der Waals surface area contributed by atoms with Crippen molar-refractivity contribution in [3.05, 3.63) is 12.7 Å². The van der Waals surface area contributed by atoms with Gasteiger partial charge in [-0.3, -0.25) is 9.59 Å². The van der Waals surface area contributed by atoms with Gasteiger partial charge < -0.3 is 9.64 Å². The number of rotatable bonds is 3. The van der Waals surface area contributed by atoms with E-state index in [1.807, 2.05) is 0 Å². The summed E-state index contributed by atoms with van der Waals surface area (Å²) in [7, 11) is 0. The second-order valence-corrected chi connectivity index (χ2v) is 3.76. The maximum absolute atomic E-state index is 11.4. The number of hydrogen-bond acceptors (Lipinski definition) is 3. The summed E-state index contributed by atoms with van der Waals surface area (Å²) >= 11 is 0. The van der Waals surface area contributed by atoms with E-state index in [1.165, 1.54) is 13.8 Å². The zero-order valence-electron chi connectivity index (χ0n) is 9.23. The molecule has 0 aliphatic carbocycles. The maximum atomic E-state index is 11.4. The van der Waals surface area contributed by atoms with Crippen LogP contribution in [0.3, 0.4) is 0 Å². The highest BCUT2D eigenvalue weighted by atomic mass is 16.5. The molecule has 84 valence electrons. The van der Waals surface area contributed by atoms with Crippen molar-refractivity contribution < 1.29 is 14.3 Å². The minimum absolute atomic E-state index is 0.00870. The standard InChI is InChI=1S/C11H17NO3/c1-4-10-5-6-11(7-15-9(3)14)12(10)8(2)13/h4,10-11H,1,5-7H2,2-3H3/t10-,11+/m0/s1. The highest BCUT2D eigenvalue weighted by Gasteiger charge is 2.33. The van der Waals surface area contributed by atoms with E-state index in [4.69, 9.17) is 4.74 Å².